The van der Waals surface area contributed by atoms with Crippen LogP contribution in [-0.2, 0) is 140 Å². The van der Waals surface area contributed by atoms with Gasteiger partial charge in [-0.2, -0.15) is 0 Å². The zero-order chi connectivity index (χ0) is 88.0. The molecule has 4 aliphatic rings. The van der Waals surface area contributed by atoms with Gasteiger partial charge < -0.3 is 99.8 Å². The van der Waals surface area contributed by atoms with Crippen LogP contribution < -0.4 is 0 Å². The van der Waals surface area contributed by atoms with Crippen molar-refractivity contribution in [2.45, 2.75) is 212 Å². The Labute approximate surface area is 718 Å². The molecule has 658 valence electrons. The summed E-state index contributed by atoms with van der Waals surface area (Å²) in [6.45, 7) is 10.5. The third kappa shape index (κ3) is 25.0. The molecule has 0 spiro atoms. The van der Waals surface area contributed by atoms with Crippen LogP contribution in [0.25, 0.3) is 0 Å². The summed E-state index contributed by atoms with van der Waals surface area (Å²) in [7, 11) is 1.22. The highest BCUT2D eigenvalue weighted by Gasteiger charge is 2.60. The van der Waals surface area contributed by atoms with E-state index in [0.717, 1.165) is 48.6 Å². The van der Waals surface area contributed by atoms with Gasteiger partial charge in [-0.15, -0.1) is 0 Å². The fourth-order valence-corrected chi connectivity index (χ4v) is 14.4. The van der Waals surface area contributed by atoms with E-state index in [0.29, 0.717) is 11.1 Å². The lowest BCUT2D eigenvalue weighted by molar-refractivity contribution is -0.378. The van der Waals surface area contributed by atoms with Gasteiger partial charge in [-0.1, -0.05) is 193 Å². The number of esters is 8. The van der Waals surface area contributed by atoms with Crippen LogP contribution in [0.1, 0.15) is 122 Å². The highest BCUT2D eigenvalue weighted by atomic mass is 16.8. The number of methoxy groups -OCH3 is 1. The topological polar surface area (TPSA) is 341 Å². The van der Waals surface area contributed by atoms with E-state index in [1.807, 2.05) is 112 Å². The lowest BCUT2D eigenvalue weighted by Crippen LogP contribution is -2.68. The normalized spacial score (nSPS) is 26.2. The molecule has 0 unspecified atom stereocenters. The molecule has 20 atom stereocenters. The van der Waals surface area contributed by atoms with Crippen LogP contribution in [0, 0.1) is 26.2 Å². The maximum absolute atomic E-state index is 15.5. The average Bonchev–Trinajstić information content (AvgIpc) is 0.764. The molecule has 0 radical (unpaired) electrons. The van der Waals surface area contributed by atoms with Crippen LogP contribution >= 0.6 is 0 Å². The van der Waals surface area contributed by atoms with Crippen LogP contribution in [-0.4, -0.2) is 209 Å². The van der Waals surface area contributed by atoms with E-state index in [9.17, 15) is 29.1 Å². The maximum atomic E-state index is 15.5. The highest BCUT2D eigenvalue weighted by molar-refractivity contribution is 5.92. The van der Waals surface area contributed by atoms with Crippen molar-refractivity contribution in [3.05, 3.63) is 286 Å². The van der Waals surface area contributed by atoms with E-state index in [-0.39, 0.29) is 55.3 Å². The predicted octanol–water partition coefficient (Wildman–Crippen LogP) is 11.5. The molecule has 29 nitrogen and oxygen atoms in total. The SMILES string of the molecule is CO[C@H]1O[C@H](CO[C@@H]2O[C@H](CO[C@@H]3O[C@H](CO)[C@@H](OC(=O)c4ccc(C)cc4)[C@H](OC(=O)c4ccc(C)cc4)[C@H]3OC(=O)c3ccc(C)cc3)[C@@H](OCc3ccccc3)[C@H](O[C@@H]3O[C@H](COCc4ccccc4)[C@@H](OCc4ccccc4)[C@H](OCc4ccccc4)[C@H]3OC(=O)C(C)(C)C)[C@H]2OC(=O)c2ccccc2)[C@@H](OC(C)=O)[C@H](OC(C)=O)[C@H]1OC(C)=O. The fourth-order valence-electron chi connectivity index (χ4n) is 14.4. The van der Waals surface area contributed by atoms with Crippen molar-refractivity contribution in [1.29, 1.82) is 0 Å². The van der Waals surface area contributed by atoms with Crippen LogP contribution in [0.4, 0.5) is 0 Å². The second kappa shape index (κ2) is 44.0. The second-order valence-corrected chi connectivity index (χ2v) is 31.4. The van der Waals surface area contributed by atoms with Gasteiger partial charge in [-0.3, -0.25) is 19.2 Å². The molecule has 4 aliphatic heterocycles. The molecule has 0 bridgehead atoms. The van der Waals surface area contributed by atoms with Gasteiger partial charge in [0.05, 0.1) is 80.5 Å². The summed E-state index contributed by atoms with van der Waals surface area (Å²) < 4.78 is 133. The second-order valence-electron chi connectivity index (χ2n) is 31.4. The molecule has 12 rings (SSSR count). The summed E-state index contributed by atoms with van der Waals surface area (Å²) >= 11 is 0. The molecule has 29 heteroatoms. The minimum atomic E-state index is -2.03. The van der Waals surface area contributed by atoms with Crippen molar-refractivity contribution in [3.8, 4) is 0 Å². The van der Waals surface area contributed by atoms with Crippen molar-refractivity contribution < 1.29 is 138 Å². The number of aliphatic hydroxyl groups excluding tert-OH is 1. The van der Waals surface area contributed by atoms with Gasteiger partial charge in [0.1, 0.15) is 48.8 Å². The molecule has 8 aromatic carbocycles. The number of carbonyl (C=O) groups excluding carboxylic acids is 8. The largest absolute Gasteiger partial charge is 0.456 e. The van der Waals surface area contributed by atoms with Crippen LogP contribution in [0.15, 0.2) is 224 Å². The molecular weight excluding hydrogens is 1610 g/mol. The number of benzene rings is 8. The van der Waals surface area contributed by atoms with Crippen molar-refractivity contribution in [2.75, 3.05) is 33.5 Å². The number of aliphatic hydroxyl groups is 1. The van der Waals surface area contributed by atoms with Gasteiger partial charge in [0.25, 0.3) is 0 Å². The average molecular weight is 1710 g/mol. The lowest BCUT2D eigenvalue weighted by Gasteiger charge is -2.50. The Morgan fingerprint density at radius 3 is 1.04 bits per heavy atom. The number of ether oxygens (including phenoxy) is 20. The third-order valence-electron chi connectivity index (χ3n) is 20.8. The number of hydrogen-bond acceptors (Lipinski definition) is 29. The summed E-state index contributed by atoms with van der Waals surface area (Å²) in [5, 5.41) is 11.6. The lowest BCUT2D eigenvalue weighted by atomic mass is 9.94. The Morgan fingerprint density at radius 1 is 0.306 bits per heavy atom. The summed E-state index contributed by atoms with van der Waals surface area (Å²) in [6.07, 6.45) is -33.9. The standard InChI is InChI=1S/C95H104O29/c1-56-36-42-67(43-37-56)87(101)119-76-70(48-96)115-91(85(122-89(103)69-46-40-58(3)41-47-69)81(76)120-88(102)68-44-38-57(2)39-45-68)110-54-72-75(108-51-64-30-20-13-21-31-64)79(84(121-86(100)66-34-24-15-25-35-66)92(117-72)111-55-73-77(112-59(4)97)80(113-60(5)98)83(114-61(6)99)90(105-10)116-73)123-93-82(124-94(104)95(7,8)9)78(109-52-65-32-22-14-23-33-65)74(107-50-63-28-18-12-19-29-63)71(118-93)53-106-49-62-26-16-11-17-27-62/h11-47,70-85,90-93,96H,48-55H2,1-10H3/t70-,71-,72-,73-,74-,75-,76-,77-,78+,79+,80+,81+,82-,83-,84-,85-,90+,91-,92-,93+/m1/s1. The van der Waals surface area contributed by atoms with Gasteiger partial charge in [-0.25, -0.2) is 19.2 Å². The van der Waals surface area contributed by atoms with Crippen LogP contribution in [0.3, 0.4) is 0 Å². The molecule has 0 saturated carbocycles. The molecule has 0 aliphatic carbocycles. The highest BCUT2D eigenvalue weighted by Crippen LogP contribution is 2.41. The Morgan fingerprint density at radius 2 is 0.613 bits per heavy atom. The number of carbonyl (C=O) groups is 8. The quantitative estimate of drug-likeness (QED) is 0.0285. The predicted molar refractivity (Wildman–Crippen MR) is 439 cm³/mol. The molecule has 1 N–H and O–H groups in total. The van der Waals surface area contributed by atoms with E-state index in [1.54, 1.807) is 106 Å². The minimum Gasteiger partial charge on any atom is -0.456 e. The molecule has 4 heterocycles. The maximum Gasteiger partial charge on any atom is 0.338 e. The van der Waals surface area contributed by atoms with E-state index in [1.165, 1.54) is 55.6 Å². The Bertz CT molecular complexity index is 4770. The Kier molecular flexibility index (Phi) is 32.7. The van der Waals surface area contributed by atoms with Crippen molar-refractivity contribution >= 4 is 47.8 Å². The smallest absolute Gasteiger partial charge is 0.338 e. The summed E-state index contributed by atoms with van der Waals surface area (Å²) in [5.74, 6) is -7.40. The third-order valence-corrected chi connectivity index (χ3v) is 20.8. The van der Waals surface area contributed by atoms with Gasteiger partial charge in [0.2, 0.25) is 0 Å². The zero-order valence-electron chi connectivity index (χ0n) is 70.4. The summed E-state index contributed by atoms with van der Waals surface area (Å²) in [4.78, 5) is 115. The van der Waals surface area contributed by atoms with Gasteiger partial charge in [0, 0.05) is 27.9 Å². The van der Waals surface area contributed by atoms with E-state index in [2.05, 4.69) is 0 Å². The van der Waals surface area contributed by atoms with Crippen LogP contribution in [0.2, 0.25) is 0 Å². The van der Waals surface area contributed by atoms with E-state index in [4.69, 9.17) is 94.7 Å². The number of aryl methyl sites for hydroxylation is 3. The number of rotatable bonds is 35. The van der Waals surface area contributed by atoms with E-state index >= 15 is 14.4 Å². The molecular formula is C95H104O29. The molecule has 8 aromatic rings. The fraction of sp³-hybridized carbons (Fsp3) is 0.411. The first kappa shape index (κ1) is 92.2. The van der Waals surface area contributed by atoms with Crippen molar-refractivity contribution in [3.63, 3.8) is 0 Å². The van der Waals surface area contributed by atoms with Crippen molar-refractivity contribution in [2.24, 2.45) is 5.41 Å². The Hall–Kier alpha value is -11.0. The van der Waals surface area contributed by atoms with E-state index < -0.39 is 196 Å². The Balaban J connectivity index is 1.04. The molecule has 0 amide bonds. The number of hydrogen-bond donors (Lipinski definition) is 1. The van der Waals surface area contributed by atoms with Gasteiger partial charge in [0.15, 0.2) is 74.0 Å². The monoisotopic (exact) mass is 1710 g/mol. The minimum absolute atomic E-state index is 0.00433. The first-order valence-electron chi connectivity index (χ1n) is 40.8. The van der Waals surface area contributed by atoms with Crippen LogP contribution in [0.5, 0.6) is 0 Å². The molecule has 4 fully saturated rings. The summed E-state index contributed by atoms with van der Waals surface area (Å²) in [5.41, 5.74) is 4.01. The first-order chi connectivity index (χ1) is 59.8. The van der Waals surface area contributed by atoms with Crippen molar-refractivity contribution in [1.82, 2.24) is 0 Å². The summed E-state index contributed by atoms with van der Waals surface area (Å²) in [6, 6.07) is 63.6. The molecule has 0 aromatic heterocycles. The molecule has 4 saturated heterocycles. The van der Waals surface area contributed by atoms with Gasteiger partial charge in [-0.05, 0) is 112 Å². The zero-order valence-corrected chi connectivity index (χ0v) is 70.4. The molecule has 124 heavy (non-hydrogen) atoms. The first-order valence-corrected chi connectivity index (χ1v) is 40.8. The van der Waals surface area contributed by atoms with Gasteiger partial charge >= 0.3 is 47.8 Å².